The van der Waals surface area contributed by atoms with Crippen LogP contribution in [0.25, 0.3) is 11.1 Å². The van der Waals surface area contributed by atoms with E-state index in [2.05, 4.69) is 22.8 Å². The highest BCUT2D eigenvalue weighted by atomic mass is 16.5. The minimum Gasteiger partial charge on any atom is -0.480 e. The van der Waals surface area contributed by atoms with E-state index in [0.29, 0.717) is 0 Å². The lowest BCUT2D eigenvalue weighted by atomic mass is 9.98. The van der Waals surface area contributed by atoms with E-state index in [0.717, 1.165) is 27.8 Å². The van der Waals surface area contributed by atoms with Crippen LogP contribution in [0.3, 0.4) is 0 Å². The monoisotopic (exact) mass is 472 g/mol. The first kappa shape index (κ1) is 24.0. The van der Waals surface area contributed by atoms with Gasteiger partial charge in [0.15, 0.2) is 0 Å². The van der Waals surface area contributed by atoms with Crippen LogP contribution in [0, 0.1) is 0 Å². The topological polar surface area (TPSA) is 105 Å². The van der Waals surface area contributed by atoms with Gasteiger partial charge in [0.05, 0.1) is 0 Å². The summed E-state index contributed by atoms with van der Waals surface area (Å²) >= 11 is 0. The number of rotatable bonds is 9. The van der Waals surface area contributed by atoms with Gasteiger partial charge in [0.2, 0.25) is 5.91 Å². The largest absolute Gasteiger partial charge is 0.480 e. The Bertz CT molecular complexity index is 1170. The number of hydrogen-bond donors (Lipinski definition) is 3. The van der Waals surface area contributed by atoms with Gasteiger partial charge in [0.25, 0.3) is 0 Å². The smallest absolute Gasteiger partial charge is 0.407 e. The standard InChI is InChI=1S/C28H28N2O5/c1-18(15-26(31)30-25(27(32)33)16-19-9-3-2-4-10-19)29-28(34)35-17-24-22-13-7-5-11-20(22)21-12-6-8-14-23(21)24/h2-14,18,24-25H,15-17H2,1H3,(H,29,34)(H,30,31)(H,32,33)/t18-,25+/m1/s1. The van der Waals surface area contributed by atoms with E-state index in [-0.39, 0.29) is 25.4 Å². The summed E-state index contributed by atoms with van der Waals surface area (Å²) in [6.45, 7) is 1.85. The van der Waals surface area contributed by atoms with Crippen LogP contribution >= 0.6 is 0 Å². The van der Waals surface area contributed by atoms with Gasteiger partial charge >= 0.3 is 12.1 Å². The number of carbonyl (C=O) groups is 3. The van der Waals surface area contributed by atoms with Crippen molar-refractivity contribution in [2.45, 2.75) is 37.8 Å². The Morgan fingerprint density at radius 3 is 2.03 bits per heavy atom. The van der Waals surface area contributed by atoms with E-state index in [1.165, 1.54) is 0 Å². The minimum absolute atomic E-state index is 0.0546. The number of carbonyl (C=O) groups excluding carboxylic acids is 2. The zero-order valence-electron chi connectivity index (χ0n) is 19.4. The van der Waals surface area contributed by atoms with Crippen molar-refractivity contribution < 1.29 is 24.2 Å². The Balaban J connectivity index is 1.28. The quantitative estimate of drug-likeness (QED) is 0.435. The van der Waals surface area contributed by atoms with E-state index >= 15 is 0 Å². The lowest BCUT2D eigenvalue weighted by molar-refractivity contribution is -0.141. The van der Waals surface area contributed by atoms with Crippen molar-refractivity contribution in [3.05, 3.63) is 95.6 Å². The van der Waals surface area contributed by atoms with E-state index in [4.69, 9.17) is 4.74 Å². The molecule has 0 spiro atoms. The van der Waals surface area contributed by atoms with Gasteiger partial charge in [-0.3, -0.25) is 4.79 Å². The van der Waals surface area contributed by atoms with Gasteiger partial charge in [-0.2, -0.15) is 0 Å². The molecule has 7 heteroatoms. The van der Waals surface area contributed by atoms with Gasteiger partial charge in [-0.1, -0.05) is 78.9 Å². The number of amides is 2. The summed E-state index contributed by atoms with van der Waals surface area (Å²) in [5.74, 6) is -1.62. The predicted molar refractivity (Wildman–Crippen MR) is 132 cm³/mol. The van der Waals surface area contributed by atoms with Gasteiger partial charge in [0, 0.05) is 24.8 Å². The summed E-state index contributed by atoms with van der Waals surface area (Å²) < 4.78 is 5.51. The fourth-order valence-corrected chi connectivity index (χ4v) is 4.47. The molecule has 35 heavy (non-hydrogen) atoms. The Kier molecular flexibility index (Phi) is 7.45. The Morgan fingerprint density at radius 2 is 1.43 bits per heavy atom. The number of hydrogen-bond acceptors (Lipinski definition) is 4. The number of alkyl carbamates (subject to hydrolysis) is 1. The van der Waals surface area contributed by atoms with Crippen LogP contribution in [0.5, 0.6) is 0 Å². The van der Waals surface area contributed by atoms with Crippen molar-refractivity contribution in [1.29, 1.82) is 0 Å². The summed E-state index contributed by atoms with van der Waals surface area (Å²) in [7, 11) is 0. The second-order valence-electron chi connectivity index (χ2n) is 8.72. The Labute approximate surface area is 204 Å². The second kappa shape index (κ2) is 10.9. The molecule has 3 N–H and O–H groups in total. The van der Waals surface area contributed by atoms with Gasteiger partial charge in [0.1, 0.15) is 12.6 Å². The maximum Gasteiger partial charge on any atom is 0.407 e. The third-order valence-corrected chi connectivity index (χ3v) is 6.12. The van der Waals surface area contributed by atoms with Crippen LogP contribution in [-0.2, 0) is 20.7 Å². The maximum atomic E-state index is 12.4. The number of aliphatic carboxylic acids is 1. The zero-order valence-corrected chi connectivity index (χ0v) is 19.4. The van der Waals surface area contributed by atoms with Crippen molar-refractivity contribution >= 4 is 18.0 Å². The Hall–Kier alpha value is -4.13. The number of carboxylic acids is 1. The average Bonchev–Trinajstić information content (AvgIpc) is 3.16. The fraction of sp³-hybridized carbons (Fsp3) is 0.250. The molecule has 0 radical (unpaired) electrons. The molecule has 0 aromatic heterocycles. The van der Waals surface area contributed by atoms with Crippen molar-refractivity contribution in [2.24, 2.45) is 0 Å². The molecule has 2 atom stereocenters. The molecule has 0 unspecified atom stereocenters. The third kappa shape index (κ3) is 5.87. The van der Waals surface area contributed by atoms with E-state index in [9.17, 15) is 19.5 Å². The first-order valence-electron chi connectivity index (χ1n) is 11.6. The lowest BCUT2D eigenvalue weighted by Gasteiger charge is -2.19. The predicted octanol–water partition coefficient (Wildman–Crippen LogP) is 4.12. The molecule has 3 aromatic carbocycles. The van der Waals surface area contributed by atoms with Crippen LogP contribution in [-0.4, -0.2) is 41.8 Å². The molecular formula is C28H28N2O5. The number of benzene rings is 3. The highest BCUT2D eigenvalue weighted by Crippen LogP contribution is 2.44. The summed E-state index contributed by atoms with van der Waals surface area (Å²) in [5, 5.41) is 14.7. The van der Waals surface area contributed by atoms with Gasteiger partial charge in [-0.05, 0) is 34.7 Å². The molecule has 1 aliphatic rings. The number of carboxylic acid groups (broad SMARTS) is 1. The summed E-state index contributed by atoms with van der Waals surface area (Å²) in [6, 6.07) is 23.7. The molecule has 0 bridgehead atoms. The molecule has 4 rings (SSSR count). The fourth-order valence-electron chi connectivity index (χ4n) is 4.47. The summed E-state index contributed by atoms with van der Waals surface area (Å²) in [4.78, 5) is 36.4. The first-order valence-corrected chi connectivity index (χ1v) is 11.6. The molecule has 0 saturated carbocycles. The van der Waals surface area contributed by atoms with E-state index in [1.807, 2.05) is 66.7 Å². The molecule has 0 fully saturated rings. The average molecular weight is 473 g/mol. The van der Waals surface area contributed by atoms with Crippen molar-refractivity contribution in [3.63, 3.8) is 0 Å². The molecule has 0 heterocycles. The molecule has 3 aromatic rings. The highest BCUT2D eigenvalue weighted by Gasteiger charge is 2.29. The summed E-state index contributed by atoms with van der Waals surface area (Å²) in [6.07, 6.45) is -0.509. The van der Waals surface area contributed by atoms with Gasteiger partial charge in [-0.25, -0.2) is 9.59 Å². The van der Waals surface area contributed by atoms with E-state index in [1.54, 1.807) is 6.92 Å². The van der Waals surface area contributed by atoms with Crippen LogP contribution in [0.15, 0.2) is 78.9 Å². The zero-order chi connectivity index (χ0) is 24.8. The minimum atomic E-state index is -1.11. The summed E-state index contributed by atoms with van der Waals surface area (Å²) in [5.41, 5.74) is 5.33. The highest BCUT2D eigenvalue weighted by molar-refractivity contribution is 5.84. The number of ether oxygens (including phenoxy) is 1. The van der Waals surface area contributed by atoms with Crippen LogP contribution < -0.4 is 10.6 Å². The molecule has 0 saturated heterocycles. The van der Waals surface area contributed by atoms with Gasteiger partial charge < -0.3 is 20.5 Å². The third-order valence-electron chi connectivity index (χ3n) is 6.12. The normalized spacial score (nSPS) is 13.7. The number of fused-ring (bicyclic) bond motifs is 3. The first-order chi connectivity index (χ1) is 16.9. The van der Waals surface area contributed by atoms with Crippen molar-refractivity contribution in [2.75, 3.05) is 6.61 Å². The lowest BCUT2D eigenvalue weighted by Crippen LogP contribution is -2.45. The molecule has 7 nitrogen and oxygen atoms in total. The maximum absolute atomic E-state index is 12.4. The van der Waals surface area contributed by atoms with Crippen LogP contribution in [0.1, 0.15) is 36.0 Å². The van der Waals surface area contributed by atoms with E-state index < -0.39 is 30.1 Å². The SMILES string of the molecule is C[C@H](CC(=O)N[C@@H](Cc1ccccc1)C(=O)O)NC(=O)OCC1c2ccccc2-c2ccccc21. The van der Waals surface area contributed by atoms with Crippen molar-refractivity contribution in [1.82, 2.24) is 10.6 Å². The number of nitrogens with one attached hydrogen (secondary N) is 2. The molecular weight excluding hydrogens is 444 g/mol. The van der Waals surface area contributed by atoms with Gasteiger partial charge in [-0.15, -0.1) is 0 Å². The Morgan fingerprint density at radius 1 is 0.857 bits per heavy atom. The van der Waals surface area contributed by atoms with Crippen LogP contribution in [0.2, 0.25) is 0 Å². The molecule has 1 aliphatic carbocycles. The molecule has 180 valence electrons. The van der Waals surface area contributed by atoms with Crippen molar-refractivity contribution in [3.8, 4) is 11.1 Å². The van der Waals surface area contributed by atoms with Crippen LogP contribution in [0.4, 0.5) is 4.79 Å². The second-order valence-corrected chi connectivity index (χ2v) is 8.72. The molecule has 2 amide bonds. The molecule has 0 aliphatic heterocycles.